The first-order valence-electron chi connectivity index (χ1n) is 8.64. The summed E-state index contributed by atoms with van der Waals surface area (Å²) in [7, 11) is 0. The Hall–Kier alpha value is -1.11. The van der Waals surface area contributed by atoms with Crippen molar-refractivity contribution in [2.24, 2.45) is 11.8 Å². The highest BCUT2D eigenvalue weighted by Crippen LogP contribution is 2.00. The Balaban J connectivity index is -0.000000102. The fourth-order valence-corrected chi connectivity index (χ4v) is 0.807. The lowest BCUT2D eigenvalue weighted by atomic mass is 10.2. The average molecular weight is 311 g/mol. The summed E-state index contributed by atoms with van der Waals surface area (Å²) in [6.45, 7) is 22.8. The van der Waals surface area contributed by atoms with Gasteiger partial charge in [0, 0.05) is 0 Å². The minimum absolute atomic E-state index is 0.750. The Morgan fingerprint density at radius 2 is 1.18 bits per heavy atom. The van der Waals surface area contributed by atoms with Gasteiger partial charge in [-0.3, -0.25) is 0 Å². The van der Waals surface area contributed by atoms with Crippen LogP contribution in [0.2, 0.25) is 0 Å². The van der Waals surface area contributed by atoms with E-state index in [2.05, 4.69) is 79.7 Å². The van der Waals surface area contributed by atoms with Gasteiger partial charge >= 0.3 is 0 Å². The lowest BCUT2D eigenvalue weighted by Crippen LogP contribution is -1.77. The minimum atomic E-state index is 0.750. The monoisotopic (exact) mass is 310 g/mol. The molecule has 0 heterocycles. The number of carbonyl (C=O) groups excluding carboxylic acids is 1. The van der Waals surface area contributed by atoms with Crippen LogP contribution < -0.4 is 0 Å². The molecule has 0 aliphatic heterocycles. The standard InChI is InChI=1S/C8H10.C5H12.C4H10.C2H4O.C2H6/c1-7-4-3-5-8(2)6-7;1-4-5(2)3;1-4(2)3;1-2-3;1-2/h3-6H,1-2H3;5H,4H2,1-3H3;4H,1-3H3;2H,1H3;1-2H3. The fourth-order valence-electron chi connectivity index (χ4n) is 0.807. The molecule has 0 radical (unpaired) electrons. The maximum atomic E-state index is 8.81. The van der Waals surface area contributed by atoms with Crippen molar-refractivity contribution >= 4 is 6.29 Å². The second-order valence-corrected chi connectivity index (χ2v) is 5.93. The molecule has 0 fully saturated rings. The van der Waals surface area contributed by atoms with Crippen LogP contribution in [0.4, 0.5) is 0 Å². The summed E-state index contributed by atoms with van der Waals surface area (Å²) in [5, 5.41) is 0. The topological polar surface area (TPSA) is 17.1 Å². The maximum absolute atomic E-state index is 8.81. The van der Waals surface area contributed by atoms with Gasteiger partial charge in [0.2, 0.25) is 0 Å². The summed E-state index contributed by atoms with van der Waals surface area (Å²) in [6, 6.07) is 8.45. The number of aryl methyl sites for hydroxylation is 2. The highest BCUT2D eigenvalue weighted by atomic mass is 16.1. The van der Waals surface area contributed by atoms with Gasteiger partial charge in [0.1, 0.15) is 6.29 Å². The molecule has 1 aromatic carbocycles. The number of rotatable bonds is 1. The second-order valence-electron chi connectivity index (χ2n) is 5.93. The van der Waals surface area contributed by atoms with Crippen molar-refractivity contribution in [1.82, 2.24) is 0 Å². The molecule has 0 aliphatic rings. The Morgan fingerprint density at radius 1 is 0.955 bits per heavy atom. The highest BCUT2D eigenvalue weighted by Gasteiger charge is 1.81. The maximum Gasteiger partial charge on any atom is 0.116 e. The zero-order valence-electron chi connectivity index (χ0n) is 17.2. The molecule has 0 N–H and O–H groups in total. The van der Waals surface area contributed by atoms with Gasteiger partial charge in [-0.15, -0.1) is 0 Å². The van der Waals surface area contributed by atoms with E-state index in [0.717, 1.165) is 18.1 Å². The van der Waals surface area contributed by atoms with E-state index < -0.39 is 0 Å². The third-order valence-electron chi connectivity index (χ3n) is 1.99. The molecule has 0 atom stereocenters. The molecule has 1 heteroatoms. The molecule has 22 heavy (non-hydrogen) atoms. The number of hydrogen-bond acceptors (Lipinski definition) is 1. The van der Waals surface area contributed by atoms with Crippen LogP contribution in [0, 0.1) is 25.7 Å². The van der Waals surface area contributed by atoms with Gasteiger partial charge in [-0.1, -0.05) is 97.2 Å². The van der Waals surface area contributed by atoms with Crippen molar-refractivity contribution in [3.8, 4) is 0 Å². The van der Waals surface area contributed by atoms with Crippen LogP contribution >= 0.6 is 0 Å². The van der Waals surface area contributed by atoms with Crippen molar-refractivity contribution in [1.29, 1.82) is 0 Å². The molecule has 1 rings (SSSR count). The Kier molecular flexibility index (Phi) is 32.8. The van der Waals surface area contributed by atoms with Crippen LogP contribution in [0.3, 0.4) is 0 Å². The fraction of sp³-hybridized carbons (Fsp3) is 0.667. The van der Waals surface area contributed by atoms with Gasteiger partial charge in [0.25, 0.3) is 0 Å². The van der Waals surface area contributed by atoms with E-state index in [1.165, 1.54) is 24.5 Å². The summed E-state index contributed by atoms with van der Waals surface area (Å²) in [5.74, 6) is 1.72. The van der Waals surface area contributed by atoms with Crippen molar-refractivity contribution < 1.29 is 4.79 Å². The first kappa shape index (κ1) is 29.0. The third kappa shape index (κ3) is 51.0. The van der Waals surface area contributed by atoms with Crippen LogP contribution in [-0.2, 0) is 4.79 Å². The summed E-state index contributed by atoms with van der Waals surface area (Å²) >= 11 is 0. The van der Waals surface area contributed by atoms with Gasteiger partial charge in [-0.25, -0.2) is 0 Å². The average Bonchev–Trinajstić information content (AvgIpc) is 2.41. The summed E-state index contributed by atoms with van der Waals surface area (Å²) < 4.78 is 0. The molecule has 1 aromatic rings. The zero-order valence-corrected chi connectivity index (χ0v) is 17.2. The molecule has 0 bridgehead atoms. The third-order valence-corrected chi connectivity index (χ3v) is 1.99. The molecule has 132 valence electrons. The lowest BCUT2D eigenvalue weighted by molar-refractivity contribution is -0.106. The van der Waals surface area contributed by atoms with Crippen molar-refractivity contribution in [3.05, 3.63) is 35.4 Å². The Bertz CT molecular complexity index is 281. The van der Waals surface area contributed by atoms with Crippen molar-refractivity contribution in [2.75, 3.05) is 0 Å². The molecule has 0 saturated carbocycles. The van der Waals surface area contributed by atoms with Gasteiger partial charge in [0.05, 0.1) is 0 Å². The van der Waals surface area contributed by atoms with Crippen LogP contribution in [-0.4, -0.2) is 6.29 Å². The predicted molar refractivity (Wildman–Crippen MR) is 105 cm³/mol. The smallest absolute Gasteiger partial charge is 0.116 e. The lowest BCUT2D eigenvalue weighted by Gasteiger charge is -1.90. The quantitative estimate of drug-likeness (QED) is 0.499. The molecular weight excluding hydrogens is 268 g/mol. The number of benzene rings is 1. The van der Waals surface area contributed by atoms with E-state index in [4.69, 9.17) is 4.79 Å². The minimum Gasteiger partial charge on any atom is -0.304 e. The first-order valence-corrected chi connectivity index (χ1v) is 8.64. The molecule has 0 spiro atoms. The number of hydrogen-bond donors (Lipinski definition) is 0. The highest BCUT2D eigenvalue weighted by molar-refractivity contribution is 5.44. The SMILES string of the molecule is CC.CC(C)C.CC=O.CCC(C)C.Cc1cccc(C)c1. The molecule has 0 amide bonds. The zero-order chi connectivity index (χ0) is 18.6. The van der Waals surface area contributed by atoms with Crippen LogP contribution in [0.25, 0.3) is 0 Å². The Morgan fingerprint density at radius 3 is 1.27 bits per heavy atom. The molecular formula is C21H42O. The van der Waals surface area contributed by atoms with E-state index in [9.17, 15) is 0 Å². The van der Waals surface area contributed by atoms with Crippen molar-refractivity contribution in [3.63, 3.8) is 0 Å². The number of aldehydes is 1. The summed E-state index contributed by atoms with van der Waals surface area (Å²) in [6.07, 6.45) is 2.06. The number of carbonyl (C=O) groups is 1. The predicted octanol–water partition coefficient (Wildman–Crippen LogP) is 7.25. The molecule has 0 saturated heterocycles. The van der Waals surface area contributed by atoms with E-state index in [1.807, 2.05) is 13.8 Å². The largest absolute Gasteiger partial charge is 0.304 e. The second kappa shape index (κ2) is 24.9. The molecule has 0 aromatic heterocycles. The van der Waals surface area contributed by atoms with Gasteiger partial charge < -0.3 is 4.79 Å². The van der Waals surface area contributed by atoms with Crippen LogP contribution in [0.15, 0.2) is 24.3 Å². The first-order chi connectivity index (χ1) is 10.2. The summed E-state index contributed by atoms with van der Waals surface area (Å²) in [4.78, 5) is 8.81. The van der Waals surface area contributed by atoms with E-state index in [0.29, 0.717) is 0 Å². The molecule has 0 aliphatic carbocycles. The molecule has 0 unspecified atom stereocenters. The van der Waals surface area contributed by atoms with Crippen LogP contribution in [0.1, 0.15) is 79.9 Å². The van der Waals surface area contributed by atoms with Crippen LogP contribution in [0.5, 0.6) is 0 Å². The summed E-state index contributed by atoms with van der Waals surface area (Å²) in [5.41, 5.74) is 2.68. The van der Waals surface area contributed by atoms with E-state index >= 15 is 0 Å². The molecule has 1 nitrogen and oxygen atoms in total. The van der Waals surface area contributed by atoms with E-state index in [1.54, 1.807) is 0 Å². The Labute approximate surface area is 141 Å². The van der Waals surface area contributed by atoms with Gasteiger partial charge in [-0.2, -0.15) is 0 Å². The van der Waals surface area contributed by atoms with Gasteiger partial charge in [0.15, 0.2) is 0 Å². The van der Waals surface area contributed by atoms with E-state index in [-0.39, 0.29) is 0 Å². The normalized spacial score (nSPS) is 8.05. The van der Waals surface area contributed by atoms with Crippen molar-refractivity contribution in [2.45, 2.75) is 82.6 Å². The van der Waals surface area contributed by atoms with Gasteiger partial charge in [-0.05, 0) is 32.6 Å².